The summed E-state index contributed by atoms with van der Waals surface area (Å²) in [6, 6.07) is 54.8. The highest BCUT2D eigenvalue weighted by Gasteiger charge is 2.30. The van der Waals surface area contributed by atoms with E-state index in [1.54, 1.807) is 156 Å². The van der Waals surface area contributed by atoms with E-state index in [1.807, 2.05) is 135 Å². The number of thiophene rings is 1. The minimum absolute atomic E-state index is 0. The fourth-order valence-electron chi connectivity index (χ4n) is 13.9. The van der Waals surface area contributed by atoms with E-state index in [0.717, 1.165) is 32.5 Å². The van der Waals surface area contributed by atoms with Gasteiger partial charge in [-0.1, -0.05) is 111 Å². The van der Waals surface area contributed by atoms with Crippen molar-refractivity contribution in [1.82, 2.24) is 73.4 Å². The standard InChI is InChI=1S/C29H23N5O2S.C27H25N5O3.C26H19FN6O2.CH4/c1-18(31-28(35)25-19(2)32-33-15-8-14-30-27(25)33)23-17-20-9-6-12-22(24-13-7-16-37-24)26(20)29(36)34(23)21-10-4-3-5-11-21;1-16-20-12-8-13-21(35-4)23(20)27(34)32(19-10-6-5-7-11-19)24(16)18(3)29-26(33)22-17(2)30-31-15-9-14-28-25(22)31;1-15-21(24-29-12-7-13-32(24)31-15)25(34)30-16(2)23-19(14-28)18-10-6-11-20(27)22(18)26(35)33(23)17-8-4-3-5-9-17;/h3-18H,1-2H3,(H,31,35);5-15,18H,1-4H3,(H,29,33);3-13,16H,1-2H3,(H,30,34);1H4/t2*18-;16-;/m000./s1. The van der Waals surface area contributed by atoms with Gasteiger partial charge in [-0.05, 0) is 149 Å². The van der Waals surface area contributed by atoms with Crippen molar-refractivity contribution >= 4 is 78.3 Å². The van der Waals surface area contributed by atoms with Crippen molar-refractivity contribution < 1.29 is 23.5 Å². The summed E-state index contributed by atoms with van der Waals surface area (Å²) in [6.07, 6.45) is 10.0. The van der Waals surface area contributed by atoms with E-state index in [9.17, 15) is 38.4 Å². The zero-order valence-electron chi connectivity index (χ0n) is 59.1. The number of halogens is 1. The molecule has 3 atom stereocenters. The maximum atomic E-state index is 14.8. The van der Waals surface area contributed by atoms with Crippen LogP contribution in [0.4, 0.5) is 4.39 Å². The number of nitrogens with one attached hydrogen (secondary N) is 3. The topological polar surface area (TPSA) is 277 Å². The number of para-hydroxylation sites is 3. The van der Waals surface area contributed by atoms with E-state index in [0.29, 0.717) is 84.4 Å². The Morgan fingerprint density at radius 1 is 0.500 bits per heavy atom. The zero-order chi connectivity index (χ0) is 74.9. The second-order valence-electron chi connectivity index (χ2n) is 25.3. The number of carbonyl (C=O) groups excluding carboxylic acids is 3. The van der Waals surface area contributed by atoms with Crippen LogP contribution in [-0.2, 0) is 0 Å². The largest absolute Gasteiger partial charge is 0.496 e. The number of fused-ring (bicyclic) bond motifs is 6. The first-order valence-corrected chi connectivity index (χ1v) is 35.0. The number of ether oxygens (including phenoxy) is 1. The number of amides is 3. The minimum Gasteiger partial charge on any atom is -0.496 e. The summed E-state index contributed by atoms with van der Waals surface area (Å²) < 4.78 is 29.6. The van der Waals surface area contributed by atoms with Gasteiger partial charge in [-0.3, -0.25) is 42.5 Å². The van der Waals surface area contributed by atoms with Crippen molar-refractivity contribution in [2.45, 2.75) is 74.0 Å². The molecule has 3 amide bonds. The molecular formula is C83H71FN16O7S. The Balaban J connectivity index is 0.000000142. The molecule has 25 heteroatoms. The van der Waals surface area contributed by atoms with Crippen LogP contribution in [0.2, 0.25) is 0 Å². The van der Waals surface area contributed by atoms with E-state index in [4.69, 9.17) is 4.74 Å². The number of benzene rings is 6. The van der Waals surface area contributed by atoms with Crippen LogP contribution < -0.4 is 37.4 Å². The Kier molecular flexibility index (Phi) is 20.4. The average Bonchev–Trinajstić information content (AvgIpc) is 1.04. The first-order chi connectivity index (χ1) is 51.9. The van der Waals surface area contributed by atoms with Gasteiger partial charge in [0.05, 0.1) is 75.4 Å². The molecule has 0 aliphatic heterocycles. The third-order valence-corrected chi connectivity index (χ3v) is 19.5. The highest BCUT2D eigenvalue weighted by molar-refractivity contribution is 7.13. The smallest absolute Gasteiger partial charge is 0.267 e. The molecule has 0 spiro atoms. The molecule has 23 nitrogen and oxygen atoms in total. The van der Waals surface area contributed by atoms with Gasteiger partial charge in [0.2, 0.25) is 0 Å². The maximum absolute atomic E-state index is 14.8. The van der Waals surface area contributed by atoms with Crippen molar-refractivity contribution in [3.05, 3.63) is 323 Å². The molecule has 0 saturated carbocycles. The molecule has 10 heterocycles. The van der Waals surface area contributed by atoms with Crippen LogP contribution in [0.3, 0.4) is 0 Å². The number of hydrogen-bond acceptors (Lipinski definition) is 15. The number of pyridine rings is 3. The summed E-state index contributed by atoms with van der Waals surface area (Å²) >= 11 is 1.60. The lowest BCUT2D eigenvalue weighted by atomic mass is 9.99. The van der Waals surface area contributed by atoms with Gasteiger partial charge in [-0.15, -0.1) is 11.3 Å². The molecule has 10 aromatic heterocycles. The number of aryl methyl sites for hydroxylation is 4. The molecule has 3 N–H and O–H groups in total. The van der Waals surface area contributed by atoms with Gasteiger partial charge < -0.3 is 20.7 Å². The molecule has 0 saturated heterocycles. The van der Waals surface area contributed by atoms with E-state index in [2.05, 4.69) is 52.3 Å². The molecule has 108 heavy (non-hydrogen) atoms. The van der Waals surface area contributed by atoms with Crippen molar-refractivity contribution in [3.8, 4) is 39.3 Å². The molecule has 0 fully saturated rings. The lowest BCUT2D eigenvalue weighted by Crippen LogP contribution is -2.33. The van der Waals surface area contributed by atoms with Crippen molar-refractivity contribution in [3.63, 3.8) is 0 Å². The fourth-order valence-corrected chi connectivity index (χ4v) is 14.6. The Morgan fingerprint density at radius 2 is 0.944 bits per heavy atom. The molecule has 0 aliphatic carbocycles. The Labute approximate surface area is 621 Å². The van der Waals surface area contributed by atoms with E-state index in [-0.39, 0.29) is 58.0 Å². The summed E-state index contributed by atoms with van der Waals surface area (Å²) in [5, 5.41) is 37.1. The monoisotopic (exact) mass is 1450 g/mol. The number of aromatic nitrogens is 12. The second-order valence-corrected chi connectivity index (χ2v) is 26.3. The normalized spacial score (nSPS) is 12.0. The lowest BCUT2D eigenvalue weighted by molar-refractivity contribution is 0.0931. The molecule has 6 aromatic carbocycles. The summed E-state index contributed by atoms with van der Waals surface area (Å²) in [6.45, 7) is 12.7. The van der Waals surface area contributed by atoms with Crippen LogP contribution in [0.25, 0.3) is 76.8 Å². The van der Waals surface area contributed by atoms with Crippen LogP contribution in [0.1, 0.15) is 123 Å². The summed E-state index contributed by atoms with van der Waals surface area (Å²) in [4.78, 5) is 95.8. The SMILES string of the molecule is C.COc1cccc2c(C)c([C@H](C)NC(=O)c3c(C)nn4cccnc34)n(-c3ccccc3)c(=O)c12.Cc1nn2cccnc2c1C(=O)N[C@@H](C)c1c(C#N)c2cccc(F)c2c(=O)n1-c1ccccc1.Cc1nn2cccnc2c1C(=O)N[C@@H](C)c1cc2cccc(-c3cccs3)c2c(=O)n1-c1ccccc1. The maximum Gasteiger partial charge on any atom is 0.267 e. The van der Waals surface area contributed by atoms with Gasteiger partial charge in [0.1, 0.15) is 34.3 Å². The first kappa shape index (κ1) is 72.5. The second kappa shape index (κ2) is 30.5. The van der Waals surface area contributed by atoms with Crippen LogP contribution in [0.5, 0.6) is 5.75 Å². The zero-order valence-corrected chi connectivity index (χ0v) is 59.9. The predicted octanol–water partition coefficient (Wildman–Crippen LogP) is 14.2. The van der Waals surface area contributed by atoms with E-state index < -0.39 is 35.4 Å². The third kappa shape index (κ3) is 13.3. The number of methoxy groups -OCH3 is 1. The van der Waals surface area contributed by atoms with Crippen molar-refractivity contribution in [2.75, 3.05) is 7.11 Å². The van der Waals surface area contributed by atoms with Crippen LogP contribution in [0.15, 0.2) is 239 Å². The number of carbonyl (C=O) groups is 3. The quantitative estimate of drug-likeness (QED) is 0.0913. The summed E-state index contributed by atoms with van der Waals surface area (Å²) in [7, 11) is 1.56. The fraction of sp³-hybridized carbons (Fsp3) is 0.145. The Hall–Kier alpha value is -13.9. The van der Waals surface area contributed by atoms with Gasteiger partial charge in [0, 0.05) is 75.8 Å². The number of hydrogen-bond donors (Lipinski definition) is 3. The van der Waals surface area contributed by atoms with E-state index in [1.165, 1.54) is 27.3 Å². The first-order valence-electron chi connectivity index (χ1n) is 34.1. The van der Waals surface area contributed by atoms with Gasteiger partial charge >= 0.3 is 0 Å². The molecule has 538 valence electrons. The van der Waals surface area contributed by atoms with Crippen LogP contribution >= 0.6 is 11.3 Å². The summed E-state index contributed by atoms with van der Waals surface area (Å²) in [5.74, 6) is -1.26. The summed E-state index contributed by atoms with van der Waals surface area (Å²) in [5.41, 5.74) is 8.56. The number of nitriles is 1. The van der Waals surface area contributed by atoms with Crippen LogP contribution in [-0.4, -0.2) is 82.3 Å². The van der Waals surface area contributed by atoms with Gasteiger partial charge in [0.15, 0.2) is 16.9 Å². The minimum atomic E-state index is -0.796. The van der Waals surface area contributed by atoms with Crippen molar-refractivity contribution in [1.29, 1.82) is 5.26 Å². The van der Waals surface area contributed by atoms with E-state index >= 15 is 0 Å². The molecule has 0 radical (unpaired) electrons. The molecule has 0 aliphatic rings. The van der Waals surface area contributed by atoms with Gasteiger partial charge in [-0.25, -0.2) is 32.9 Å². The lowest BCUT2D eigenvalue weighted by Gasteiger charge is -2.24. The Bertz CT molecular complexity index is 6400. The number of rotatable bonds is 14. The van der Waals surface area contributed by atoms with Crippen molar-refractivity contribution in [2.24, 2.45) is 0 Å². The third-order valence-electron chi connectivity index (χ3n) is 18.6. The number of nitrogens with zero attached hydrogens (tertiary/aromatic N) is 13. The predicted molar refractivity (Wildman–Crippen MR) is 415 cm³/mol. The Morgan fingerprint density at radius 3 is 1.44 bits per heavy atom. The molecule has 16 rings (SSSR count). The molecule has 16 aromatic rings. The van der Waals surface area contributed by atoms with Gasteiger partial charge in [0.25, 0.3) is 34.4 Å². The molecule has 0 bridgehead atoms. The highest BCUT2D eigenvalue weighted by atomic mass is 32.1. The molecule has 0 unspecified atom stereocenters. The van der Waals surface area contributed by atoms with Crippen LogP contribution in [0, 0.1) is 44.8 Å². The molecular weight excluding hydrogens is 1380 g/mol. The average molecular weight is 1460 g/mol. The van der Waals surface area contributed by atoms with Gasteiger partial charge in [-0.2, -0.15) is 20.6 Å². The highest BCUT2D eigenvalue weighted by Crippen LogP contribution is 2.35.